The number of nitrogens with zero attached hydrogens (tertiary/aromatic N) is 2. The lowest BCUT2D eigenvalue weighted by Gasteiger charge is -2.13. The summed E-state index contributed by atoms with van der Waals surface area (Å²) in [6.07, 6.45) is 3.48. The lowest BCUT2D eigenvalue weighted by molar-refractivity contribution is 0.0174. The Morgan fingerprint density at radius 1 is 1.18 bits per heavy atom. The first kappa shape index (κ1) is 11.8. The van der Waals surface area contributed by atoms with Gasteiger partial charge in [-0.15, -0.1) is 0 Å². The van der Waals surface area contributed by atoms with Gasteiger partial charge in [-0.2, -0.15) is 5.10 Å². The molecule has 1 heterocycles. The summed E-state index contributed by atoms with van der Waals surface area (Å²) in [5.41, 5.74) is 2.48. The smallest absolute Gasteiger partial charge is 0.270 e. The largest absolute Gasteiger partial charge is 0.275 e. The maximum atomic E-state index is 13.3. The van der Waals surface area contributed by atoms with Crippen LogP contribution in [-0.2, 0) is 13.0 Å². The second-order valence-corrected chi connectivity index (χ2v) is 4.38. The molecule has 0 spiro atoms. The van der Waals surface area contributed by atoms with Crippen LogP contribution in [0.2, 0.25) is 0 Å². The van der Waals surface area contributed by atoms with Gasteiger partial charge in [-0.05, 0) is 18.6 Å². The summed E-state index contributed by atoms with van der Waals surface area (Å²) in [4.78, 5) is 0. The molecule has 90 valence electrons. The Kier molecular flexibility index (Phi) is 2.73. The Labute approximate surface area is 98.9 Å². The van der Waals surface area contributed by atoms with Crippen molar-refractivity contribution in [3.05, 3.63) is 41.7 Å². The molecular formula is C13H14F2N2. The van der Waals surface area contributed by atoms with Gasteiger partial charge in [0, 0.05) is 31.3 Å². The number of hydrogen-bond donors (Lipinski definition) is 0. The molecule has 0 atom stereocenters. The Balaban J connectivity index is 2.52. The summed E-state index contributed by atoms with van der Waals surface area (Å²) in [6, 6.07) is 4.91. The Morgan fingerprint density at radius 2 is 1.88 bits per heavy atom. The predicted molar refractivity (Wildman–Crippen MR) is 62.9 cm³/mol. The average Bonchev–Trinajstić information content (AvgIpc) is 2.62. The maximum Gasteiger partial charge on any atom is 0.270 e. The van der Waals surface area contributed by atoms with Crippen molar-refractivity contribution >= 4 is 0 Å². The molecule has 0 bridgehead atoms. The van der Waals surface area contributed by atoms with Gasteiger partial charge in [-0.1, -0.05) is 17.7 Å². The summed E-state index contributed by atoms with van der Waals surface area (Å²) >= 11 is 0. The molecule has 0 aliphatic carbocycles. The molecule has 17 heavy (non-hydrogen) atoms. The standard InChI is InChI=1S/C13H14F2N2/c1-9-4-10(11-7-16-17(3)8-11)6-12(5-9)13(2,14)15/h4-8H,1-3H3. The Bertz CT molecular complexity index is 539. The van der Waals surface area contributed by atoms with Crippen molar-refractivity contribution in [2.75, 3.05) is 0 Å². The van der Waals surface area contributed by atoms with E-state index in [4.69, 9.17) is 0 Å². The van der Waals surface area contributed by atoms with Crippen molar-refractivity contribution < 1.29 is 8.78 Å². The normalized spacial score (nSPS) is 11.8. The van der Waals surface area contributed by atoms with Crippen LogP contribution >= 0.6 is 0 Å². The fourth-order valence-electron chi connectivity index (χ4n) is 1.77. The van der Waals surface area contributed by atoms with Gasteiger partial charge < -0.3 is 0 Å². The number of aromatic nitrogens is 2. The van der Waals surface area contributed by atoms with Crippen LogP contribution in [0, 0.1) is 6.92 Å². The molecule has 0 aliphatic heterocycles. The van der Waals surface area contributed by atoms with Crippen molar-refractivity contribution in [3.63, 3.8) is 0 Å². The van der Waals surface area contributed by atoms with Crippen LogP contribution in [0.3, 0.4) is 0 Å². The van der Waals surface area contributed by atoms with E-state index < -0.39 is 5.92 Å². The van der Waals surface area contributed by atoms with Gasteiger partial charge in [0.15, 0.2) is 0 Å². The van der Waals surface area contributed by atoms with Crippen molar-refractivity contribution in [1.82, 2.24) is 9.78 Å². The molecule has 1 aromatic carbocycles. The van der Waals surface area contributed by atoms with Crippen molar-refractivity contribution in [3.8, 4) is 11.1 Å². The van der Waals surface area contributed by atoms with Gasteiger partial charge in [-0.25, -0.2) is 8.78 Å². The van der Waals surface area contributed by atoms with Gasteiger partial charge in [-0.3, -0.25) is 4.68 Å². The number of benzene rings is 1. The van der Waals surface area contributed by atoms with E-state index in [2.05, 4.69) is 5.10 Å². The van der Waals surface area contributed by atoms with Crippen LogP contribution in [0.5, 0.6) is 0 Å². The van der Waals surface area contributed by atoms with Crippen LogP contribution in [0.25, 0.3) is 11.1 Å². The van der Waals surface area contributed by atoms with Crippen LogP contribution in [-0.4, -0.2) is 9.78 Å². The van der Waals surface area contributed by atoms with Gasteiger partial charge in [0.25, 0.3) is 5.92 Å². The third-order valence-corrected chi connectivity index (χ3v) is 2.62. The zero-order valence-electron chi connectivity index (χ0n) is 10.0. The predicted octanol–water partition coefficient (Wildman–Crippen LogP) is 3.51. The number of alkyl halides is 2. The van der Waals surface area contributed by atoms with Gasteiger partial charge in [0.2, 0.25) is 0 Å². The van der Waals surface area contributed by atoms with Crippen LogP contribution in [0.4, 0.5) is 8.78 Å². The summed E-state index contributed by atoms with van der Waals surface area (Å²) in [6.45, 7) is 2.73. The molecule has 0 aliphatic rings. The zero-order valence-corrected chi connectivity index (χ0v) is 10.0. The summed E-state index contributed by atoms with van der Waals surface area (Å²) in [5.74, 6) is -2.82. The maximum absolute atomic E-state index is 13.3. The van der Waals surface area contributed by atoms with Gasteiger partial charge in [0.1, 0.15) is 0 Å². The van der Waals surface area contributed by atoms with E-state index in [0.717, 1.165) is 23.6 Å². The zero-order chi connectivity index (χ0) is 12.6. The number of halogens is 2. The summed E-state index contributed by atoms with van der Waals surface area (Å²) < 4.78 is 28.3. The molecule has 0 unspecified atom stereocenters. The van der Waals surface area contributed by atoms with Crippen molar-refractivity contribution in [2.45, 2.75) is 19.8 Å². The van der Waals surface area contributed by atoms with Crippen LogP contribution in [0.1, 0.15) is 18.1 Å². The lowest BCUT2D eigenvalue weighted by atomic mass is 10.00. The van der Waals surface area contributed by atoms with Crippen molar-refractivity contribution in [2.24, 2.45) is 7.05 Å². The SMILES string of the molecule is Cc1cc(-c2cnn(C)c2)cc(C(C)(F)F)c1. The highest BCUT2D eigenvalue weighted by atomic mass is 19.3. The van der Waals surface area contributed by atoms with E-state index in [1.165, 1.54) is 12.1 Å². The minimum absolute atomic E-state index is 0.0383. The number of rotatable bonds is 2. The molecule has 0 saturated carbocycles. The Hall–Kier alpha value is -1.71. The van der Waals surface area contributed by atoms with E-state index in [-0.39, 0.29) is 5.56 Å². The third kappa shape index (κ3) is 2.52. The summed E-state index contributed by atoms with van der Waals surface area (Å²) in [5, 5.41) is 4.04. The number of aryl methyl sites for hydroxylation is 2. The molecule has 2 nitrogen and oxygen atoms in total. The van der Waals surface area contributed by atoms with Gasteiger partial charge >= 0.3 is 0 Å². The first-order valence-electron chi connectivity index (χ1n) is 5.35. The monoisotopic (exact) mass is 236 g/mol. The molecule has 0 amide bonds. The average molecular weight is 236 g/mol. The van der Waals surface area contributed by atoms with E-state index in [9.17, 15) is 8.78 Å². The van der Waals surface area contributed by atoms with Gasteiger partial charge in [0.05, 0.1) is 6.20 Å². The highest BCUT2D eigenvalue weighted by Gasteiger charge is 2.25. The molecular weight excluding hydrogens is 222 g/mol. The second-order valence-electron chi connectivity index (χ2n) is 4.38. The van der Waals surface area contributed by atoms with E-state index in [0.29, 0.717) is 0 Å². The molecule has 0 N–H and O–H groups in total. The lowest BCUT2D eigenvalue weighted by Crippen LogP contribution is -2.07. The minimum atomic E-state index is -2.82. The minimum Gasteiger partial charge on any atom is -0.275 e. The topological polar surface area (TPSA) is 17.8 Å². The first-order valence-corrected chi connectivity index (χ1v) is 5.35. The quantitative estimate of drug-likeness (QED) is 0.780. The van der Waals surface area contributed by atoms with Crippen LogP contribution in [0.15, 0.2) is 30.6 Å². The van der Waals surface area contributed by atoms with Crippen molar-refractivity contribution in [1.29, 1.82) is 0 Å². The molecule has 4 heteroatoms. The van der Waals surface area contributed by atoms with E-state index >= 15 is 0 Å². The highest BCUT2D eigenvalue weighted by molar-refractivity contribution is 5.64. The third-order valence-electron chi connectivity index (χ3n) is 2.62. The van der Waals surface area contributed by atoms with E-state index in [1.54, 1.807) is 17.9 Å². The summed E-state index contributed by atoms with van der Waals surface area (Å²) in [7, 11) is 1.80. The molecule has 0 fully saturated rings. The molecule has 1 aromatic heterocycles. The highest BCUT2D eigenvalue weighted by Crippen LogP contribution is 2.31. The first-order chi connectivity index (χ1) is 7.86. The molecule has 0 saturated heterocycles. The Morgan fingerprint density at radius 3 is 2.41 bits per heavy atom. The van der Waals surface area contributed by atoms with Crippen LogP contribution < -0.4 is 0 Å². The fraction of sp³-hybridized carbons (Fsp3) is 0.308. The number of hydrogen-bond acceptors (Lipinski definition) is 1. The molecule has 0 radical (unpaired) electrons. The molecule has 2 rings (SSSR count). The second kappa shape index (κ2) is 3.95. The molecule has 2 aromatic rings. The fourth-order valence-corrected chi connectivity index (χ4v) is 1.77. The van der Waals surface area contributed by atoms with E-state index in [1.807, 2.05) is 19.2 Å².